The minimum Gasteiger partial charge on any atom is -0.548 e. The number of nitrogens with zero attached hydrogens (tertiary/aromatic N) is 4. The molecule has 0 aliphatic carbocycles. The maximum atomic E-state index is 12.8. The molecule has 3 rings (SSSR count). The third-order valence-corrected chi connectivity index (χ3v) is 7.48. The number of β-lactam (4-membered cyclic amide) rings is 1. The number of fused-ring (bicyclic) bond motifs is 1. The maximum absolute atomic E-state index is 12.8. The number of sulfone groups is 1. The topological polar surface area (TPSA) is 166 Å². The number of aliphatic hydroxyl groups excluding tert-OH is 2. The molecule has 1 aromatic heterocycles. The Morgan fingerprint density at radius 2 is 2.04 bits per heavy atom. The molecule has 132 valence electrons. The summed E-state index contributed by atoms with van der Waals surface area (Å²) in [4.78, 5) is 24.0. The third kappa shape index (κ3) is 2.62. The Hall–Kier alpha value is -1.05. The Labute approximate surface area is 164 Å². The molecule has 0 unspecified atom stereocenters. The van der Waals surface area contributed by atoms with Gasteiger partial charge in [0.05, 0.1) is 43.9 Å². The van der Waals surface area contributed by atoms with Gasteiger partial charge in [0.25, 0.3) is 0 Å². The normalized spacial score (nSPS) is 29.7. The van der Waals surface area contributed by atoms with Crippen LogP contribution >= 0.6 is 0 Å². The SMILES string of the molecule is C[C@]1(Cn2nnc(CO)c2CO)[C@H](C(=O)[O-])N2C(=O)C[C@@H]2S1(=O)=O.[Na+]. The number of amides is 1. The minimum absolute atomic E-state index is 0. The minimum atomic E-state index is -4.02. The van der Waals surface area contributed by atoms with Crippen molar-refractivity contribution in [3.63, 3.8) is 0 Å². The standard InChI is InChI=1S/C12H16N4O7S.Na/c1-12(5-15-7(4-18)6(3-17)13-14-15)10(11(20)21)16-8(19)2-9(16)24(12,22)23;/h9-10,17-18H,2-5H2,1H3,(H,20,21);/q;+1/p-1/t9-,10-,12-;/m0./s1. The molecule has 1 amide bonds. The molecule has 0 spiro atoms. The zero-order valence-corrected chi connectivity index (χ0v) is 16.4. The van der Waals surface area contributed by atoms with Crippen molar-refractivity contribution in [2.45, 2.75) is 49.3 Å². The number of carbonyl (C=O) groups is 2. The smallest absolute Gasteiger partial charge is 0.548 e. The summed E-state index contributed by atoms with van der Waals surface area (Å²) in [5, 5.41) is 36.2. The summed E-state index contributed by atoms with van der Waals surface area (Å²) in [5.41, 5.74) is 0.132. The van der Waals surface area contributed by atoms with E-state index in [1.54, 1.807) is 0 Å². The molecule has 3 heterocycles. The number of aromatic nitrogens is 3. The van der Waals surface area contributed by atoms with Gasteiger partial charge in [0.1, 0.15) is 15.8 Å². The van der Waals surface area contributed by atoms with Gasteiger partial charge in [0.15, 0.2) is 9.84 Å². The molecule has 0 radical (unpaired) electrons. The Morgan fingerprint density at radius 3 is 2.52 bits per heavy atom. The van der Waals surface area contributed by atoms with Gasteiger partial charge in [-0.15, -0.1) is 5.10 Å². The van der Waals surface area contributed by atoms with Crippen molar-refractivity contribution in [3.8, 4) is 0 Å². The summed E-state index contributed by atoms with van der Waals surface area (Å²) in [6, 6.07) is -1.66. The Kier molecular flexibility index (Phi) is 5.34. The number of aliphatic hydroxyl groups is 2. The molecule has 2 saturated heterocycles. The van der Waals surface area contributed by atoms with Crippen molar-refractivity contribution in [1.29, 1.82) is 0 Å². The number of rotatable bonds is 5. The maximum Gasteiger partial charge on any atom is 1.00 e. The number of hydrogen-bond donors (Lipinski definition) is 2. The van der Waals surface area contributed by atoms with Crippen molar-refractivity contribution < 1.29 is 62.9 Å². The Bertz CT molecular complexity index is 825. The molecule has 11 nitrogen and oxygen atoms in total. The van der Waals surface area contributed by atoms with E-state index in [9.17, 15) is 28.2 Å². The molecule has 2 aliphatic heterocycles. The van der Waals surface area contributed by atoms with Gasteiger partial charge in [-0.3, -0.25) is 4.79 Å². The van der Waals surface area contributed by atoms with Gasteiger partial charge in [-0.05, 0) is 6.92 Å². The van der Waals surface area contributed by atoms with Gasteiger partial charge in [-0.25, -0.2) is 13.1 Å². The van der Waals surface area contributed by atoms with E-state index < -0.39 is 57.6 Å². The van der Waals surface area contributed by atoms with Crippen LogP contribution in [0.1, 0.15) is 24.7 Å². The van der Waals surface area contributed by atoms with Crippen molar-refractivity contribution in [1.82, 2.24) is 19.9 Å². The van der Waals surface area contributed by atoms with Crippen LogP contribution in [-0.2, 0) is 39.2 Å². The van der Waals surface area contributed by atoms with E-state index >= 15 is 0 Å². The van der Waals surface area contributed by atoms with Gasteiger partial charge < -0.3 is 25.0 Å². The van der Waals surface area contributed by atoms with Gasteiger partial charge >= 0.3 is 29.6 Å². The van der Waals surface area contributed by atoms with Crippen LogP contribution in [0.2, 0.25) is 0 Å². The van der Waals surface area contributed by atoms with Gasteiger partial charge in [-0.1, -0.05) is 5.21 Å². The molecule has 1 aromatic rings. The number of hydrogen-bond acceptors (Lipinski definition) is 9. The first-order chi connectivity index (χ1) is 11.2. The predicted octanol–water partition coefficient (Wildman–Crippen LogP) is -6.87. The van der Waals surface area contributed by atoms with Crippen LogP contribution in [0, 0.1) is 0 Å². The first-order valence-corrected chi connectivity index (χ1v) is 8.62. The van der Waals surface area contributed by atoms with E-state index in [1.165, 1.54) is 6.92 Å². The molecule has 13 heteroatoms. The van der Waals surface area contributed by atoms with Crippen molar-refractivity contribution in [3.05, 3.63) is 11.4 Å². The van der Waals surface area contributed by atoms with E-state index in [-0.39, 0.29) is 47.4 Å². The fourth-order valence-electron chi connectivity index (χ4n) is 3.36. The summed E-state index contributed by atoms with van der Waals surface area (Å²) in [7, 11) is -4.02. The predicted molar refractivity (Wildman–Crippen MR) is 73.2 cm³/mol. The zero-order valence-electron chi connectivity index (χ0n) is 13.6. The average Bonchev–Trinajstić information content (AvgIpc) is 2.95. The fourth-order valence-corrected chi connectivity index (χ4v) is 5.70. The van der Waals surface area contributed by atoms with E-state index in [1.807, 2.05) is 0 Å². The van der Waals surface area contributed by atoms with Crippen molar-refractivity contribution >= 4 is 21.7 Å². The zero-order chi connectivity index (χ0) is 17.9. The Balaban J connectivity index is 0.00000225. The Morgan fingerprint density at radius 1 is 1.40 bits per heavy atom. The monoisotopic (exact) mass is 382 g/mol. The number of aliphatic carboxylic acids is 1. The third-order valence-electron chi connectivity index (χ3n) is 4.72. The summed E-state index contributed by atoms with van der Waals surface area (Å²) >= 11 is 0. The molecule has 0 bridgehead atoms. The largest absolute Gasteiger partial charge is 1.00 e. The second-order valence-electron chi connectivity index (χ2n) is 6.00. The summed E-state index contributed by atoms with van der Waals surface area (Å²) in [6.07, 6.45) is -0.270. The summed E-state index contributed by atoms with van der Waals surface area (Å²) in [5.74, 6) is -2.25. The number of carboxylic acid groups (broad SMARTS) is 1. The van der Waals surface area contributed by atoms with Crippen LogP contribution in [0.3, 0.4) is 0 Å². The summed E-state index contributed by atoms with van der Waals surface area (Å²) in [6.45, 7) is -0.329. The van der Waals surface area contributed by atoms with E-state index in [4.69, 9.17) is 5.11 Å². The summed E-state index contributed by atoms with van der Waals surface area (Å²) < 4.78 is 24.7. The van der Waals surface area contributed by atoms with E-state index in [0.29, 0.717) is 0 Å². The fraction of sp³-hybridized carbons (Fsp3) is 0.667. The first-order valence-electron chi connectivity index (χ1n) is 7.07. The molecule has 0 saturated carbocycles. The van der Waals surface area contributed by atoms with E-state index in [0.717, 1.165) is 9.58 Å². The van der Waals surface area contributed by atoms with Gasteiger partial charge in [0.2, 0.25) is 5.91 Å². The van der Waals surface area contributed by atoms with Crippen LogP contribution in [0.15, 0.2) is 0 Å². The van der Waals surface area contributed by atoms with Crippen molar-refractivity contribution in [2.24, 2.45) is 0 Å². The van der Waals surface area contributed by atoms with Crippen LogP contribution in [0.25, 0.3) is 0 Å². The molecule has 3 atom stereocenters. The van der Waals surface area contributed by atoms with E-state index in [2.05, 4.69) is 10.3 Å². The second-order valence-corrected chi connectivity index (χ2v) is 8.56. The van der Waals surface area contributed by atoms with Gasteiger partial charge in [0, 0.05) is 0 Å². The number of carbonyl (C=O) groups excluding carboxylic acids is 2. The first kappa shape index (κ1) is 20.3. The molecular formula is C12H15N4NaO7S. The average molecular weight is 382 g/mol. The van der Waals surface area contributed by atoms with Crippen LogP contribution in [0.5, 0.6) is 0 Å². The van der Waals surface area contributed by atoms with Crippen LogP contribution in [0.4, 0.5) is 0 Å². The molecule has 25 heavy (non-hydrogen) atoms. The molecule has 2 N–H and O–H groups in total. The quantitative estimate of drug-likeness (QED) is 0.372. The van der Waals surface area contributed by atoms with Crippen LogP contribution < -0.4 is 34.7 Å². The molecule has 0 aromatic carbocycles. The molecular weight excluding hydrogens is 367 g/mol. The number of carboxylic acids is 1. The second kappa shape index (κ2) is 6.59. The van der Waals surface area contributed by atoms with Gasteiger partial charge in [-0.2, -0.15) is 0 Å². The van der Waals surface area contributed by atoms with Crippen molar-refractivity contribution in [2.75, 3.05) is 0 Å². The van der Waals surface area contributed by atoms with Crippen LogP contribution in [-0.4, -0.2) is 66.6 Å². The molecule has 2 aliphatic rings. The molecule has 2 fully saturated rings.